The second kappa shape index (κ2) is 26.6. The van der Waals surface area contributed by atoms with Crippen LogP contribution in [0.4, 0.5) is 0 Å². The lowest BCUT2D eigenvalue weighted by Gasteiger charge is -2.08. The van der Waals surface area contributed by atoms with Gasteiger partial charge in [-0.1, -0.05) is 77.2 Å². The number of aromatic nitrogens is 22. The summed E-state index contributed by atoms with van der Waals surface area (Å²) in [5.74, 6) is 2.82. The van der Waals surface area contributed by atoms with Gasteiger partial charge in [-0.25, -0.2) is 29.1 Å². The smallest absolute Gasteiger partial charge is 0.371 e. The van der Waals surface area contributed by atoms with Crippen molar-refractivity contribution in [2.24, 2.45) is 28.2 Å². The normalized spacial score (nSPS) is 11.4. The van der Waals surface area contributed by atoms with Crippen molar-refractivity contribution in [2.75, 3.05) is 0 Å². The van der Waals surface area contributed by atoms with E-state index in [-0.39, 0.29) is 49.6 Å². The van der Waals surface area contributed by atoms with E-state index in [0.29, 0.717) is 79.9 Å². The van der Waals surface area contributed by atoms with Crippen LogP contribution in [0.15, 0.2) is 137 Å². The first-order valence-electron chi connectivity index (χ1n) is 26.5. The van der Waals surface area contributed by atoms with E-state index < -0.39 is 11.4 Å². The van der Waals surface area contributed by atoms with E-state index >= 15 is 0 Å². The monoisotopic (exact) mass is 1190 g/mol. The van der Waals surface area contributed by atoms with Gasteiger partial charge in [-0.3, -0.25) is 0 Å². The zero-order valence-electron chi connectivity index (χ0n) is 49.6. The molecule has 8 heterocycles. The lowest BCUT2D eigenvalue weighted by molar-refractivity contribution is 0.297. The van der Waals surface area contributed by atoms with Gasteiger partial charge < -0.3 is 27.9 Å². The van der Waals surface area contributed by atoms with E-state index in [0.717, 1.165) is 66.6 Å². The molecule has 0 N–H and O–H groups in total. The van der Waals surface area contributed by atoms with Crippen LogP contribution in [0.25, 0.3) is 21.8 Å². The van der Waals surface area contributed by atoms with Crippen LogP contribution in [0.2, 0.25) is 0 Å². The largest absolute Gasteiger partial charge is 0.487 e. The van der Waals surface area contributed by atoms with Gasteiger partial charge in [0.2, 0.25) is 0 Å². The lowest BCUT2D eigenvalue weighted by Crippen LogP contribution is -2.22. The number of aryl methyl sites for hydroxylation is 8. The summed E-state index contributed by atoms with van der Waals surface area (Å²) in [5.41, 5.74) is 5.27. The molecule has 0 aliphatic rings. The first-order chi connectivity index (χ1) is 42.2. The van der Waals surface area contributed by atoms with Gasteiger partial charge in [-0.2, -0.15) is 18.7 Å². The number of para-hydroxylation sites is 4. The molecule has 84 heavy (non-hydrogen) atoms. The summed E-state index contributed by atoms with van der Waals surface area (Å²) in [6.07, 6.45) is 1.22. The topological polar surface area (TPSA) is 351 Å². The highest BCUT2D eigenvalue weighted by molar-refractivity contribution is 7.12. The van der Waals surface area contributed by atoms with Gasteiger partial charge >= 0.3 is 22.8 Å². The van der Waals surface area contributed by atoms with Crippen LogP contribution in [0, 0.1) is 27.7 Å². The summed E-state index contributed by atoms with van der Waals surface area (Å²) in [4.78, 5) is 55.7. The predicted octanol–water partition coefficient (Wildman–Crippen LogP) is 3.09. The van der Waals surface area contributed by atoms with Crippen LogP contribution >= 0.6 is 22.9 Å². The van der Waals surface area contributed by atoms with E-state index in [1.54, 1.807) is 78.3 Å². The average Bonchev–Trinajstić information content (AvgIpc) is 3.47. The minimum atomic E-state index is -0.477. The molecule has 0 amide bonds. The van der Waals surface area contributed by atoms with Crippen molar-refractivity contribution in [3.63, 3.8) is 0 Å². The number of benzene rings is 4. The average molecular weight is 1190 g/mol. The van der Waals surface area contributed by atoms with Crippen molar-refractivity contribution < 1.29 is 33.4 Å². The Labute approximate surface area is 486 Å². The first-order valence-corrected chi connectivity index (χ1v) is 26.1. The first kappa shape index (κ1) is 52.5. The molecule has 0 unspecified atom stereocenters. The maximum absolute atomic E-state index is 11.9. The molecule has 0 saturated carbocycles. The summed E-state index contributed by atoms with van der Waals surface area (Å²) >= 11 is 2.35. The molecule has 0 aliphatic carbocycles. The predicted molar refractivity (Wildman–Crippen MR) is 296 cm³/mol. The molecule has 8 aromatic heterocycles. The summed E-state index contributed by atoms with van der Waals surface area (Å²) in [6, 6.07) is 22.0. The highest BCUT2D eigenvalue weighted by Gasteiger charge is 2.21. The van der Waals surface area contributed by atoms with Crippen LogP contribution in [0.5, 0.6) is 23.0 Å². The van der Waals surface area contributed by atoms with Gasteiger partial charge in [0.25, 0.3) is 11.8 Å². The number of nitrogens with zero attached hydrogens (tertiary/aromatic N) is 22. The minimum absolute atomic E-state index is 0.0417. The van der Waals surface area contributed by atoms with Crippen LogP contribution in [0.1, 0.15) is 50.5 Å². The van der Waals surface area contributed by atoms with Gasteiger partial charge in [0, 0.05) is 45.0 Å². The molecule has 0 atom stereocenters. The second-order valence-corrected chi connectivity index (χ2v) is 18.9. The molecular weight excluding hydrogens is 1130 g/mol. The molecule has 0 aliphatic heterocycles. The quantitative estimate of drug-likeness (QED) is 0.134. The Balaban J connectivity index is 0.000000140. The van der Waals surface area contributed by atoms with Crippen molar-refractivity contribution >= 4 is 22.9 Å². The van der Waals surface area contributed by atoms with E-state index in [1.165, 1.54) is 50.6 Å². The summed E-state index contributed by atoms with van der Waals surface area (Å²) in [6.45, 7) is 7.93. The molecular formula is C50H50N22O10S2. The van der Waals surface area contributed by atoms with Gasteiger partial charge in [0.1, 0.15) is 66.5 Å². The van der Waals surface area contributed by atoms with Crippen LogP contribution in [-0.2, 0) is 54.6 Å². The van der Waals surface area contributed by atoms with E-state index in [4.69, 9.17) is 33.4 Å². The molecule has 0 radical (unpaired) electrons. The Morgan fingerprint density at radius 2 is 0.869 bits per heavy atom. The van der Waals surface area contributed by atoms with Gasteiger partial charge in [-0.05, 0) is 116 Å². The maximum atomic E-state index is 11.9. The number of rotatable bonds is 16. The van der Waals surface area contributed by atoms with Gasteiger partial charge in [0.15, 0.2) is 22.1 Å². The number of ether oxygens (including phenoxy) is 4. The number of hydrogen-bond acceptors (Lipinski definition) is 26. The van der Waals surface area contributed by atoms with Crippen molar-refractivity contribution in [1.29, 1.82) is 0 Å². The third-order valence-electron chi connectivity index (χ3n) is 11.5. The van der Waals surface area contributed by atoms with Crippen LogP contribution < -0.4 is 41.7 Å². The fourth-order valence-corrected chi connectivity index (χ4v) is 8.33. The van der Waals surface area contributed by atoms with Crippen LogP contribution in [-0.4, -0.2) is 109 Å². The number of hydrogen-bond donors (Lipinski definition) is 0. The Kier molecular flexibility index (Phi) is 16.6. The Bertz CT molecular complexity index is 4050. The molecule has 0 bridgehead atoms. The second-order valence-electron chi connectivity index (χ2n) is 17.4. The van der Waals surface area contributed by atoms with Gasteiger partial charge in [0.05, 0.1) is 11.0 Å². The van der Waals surface area contributed by atoms with E-state index in [2.05, 4.69) is 71.6 Å². The lowest BCUT2D eigenvalue weighted by atomic mass is 10.2. The summed E-state index contributed by atoms with van der Waals surface area (Å²) in [5, 5.41) is 41.8. The number of oxazole rings is 1. The molecule has 0 fully saturated rings. The summed E-state index contributed by atoms with van der Waals surface area (Å²) < 4.78 is 75.7. The molecule has 4 aromatic carbocycles. The third-order valence-corrected chi connectivity index (χ3v) is 13.1. The molecule has 34 heteroatoms. The zero-order valence-corrected chi connectivity index (χ0v) is 47.3. The number of thiazole rings is 1. The van der Waals surface area contributed by atoms with E-state index in [9.17, 15) is 19.2 Å². The number of tetrazole rings is 4. The standard InChI is InChI=1S/C13H13N5O3.C13H13N5O2S.C12H12N6O3.C12H12N6O2S/c2*1-9-5-3-4-6-11(9)20-7-10-12(21-8-14-10)18-13(19)17(2)15-16-18;2*1-8-5-3-4-6-10(8)20-7-9-11(21-16-13-9)18-12(19)17(2)14-15-18/h2*3-6,8H,7H2,1-2H3;2*3-6H,7H2,1-2H3/i4*3T. The summed E-state index contributed by atoms with van der Waals surface area (Å²) in [7, 11) is 6.01. The van der Waals surface area contributed by atoms with Gasteiger partial charge in [-0.15, -0.1) is 40.3 Å². The van der Waals surface area contributed by atoms with Crippen LogP contribution in [0.3, 0.4) is 0 Å². The zero-order chi connectivity index (χ0) is 62.8. The fraction of sp³-hybridized carbons (Fsp3) is 0.240. The molecule has 0 saturated heterocycles. The maximum Gasteiger partial charge on any atom is 0.371 e. The molecule has 12 rings (SSSR count). The fourth-order valence-electron chi connectivity index (χ4n) is 6.97. The molecule has 0 spiro atoms. The highest BCUT2D eigenvalue weighted by Crippen LogP contribution is 2.24. The minimum Gasteiger partial charge on any atom is -0.487 e. The molecule has 432 valence electrons. The Hall–Kier alpha value is -10.9. The highest BCUT2D eigenvalue weighted by atomic mass is 32.1. The van der Waals surface area contributed by atoms with Crippen molar-refractivity contribution in [3.8, 4) is 44.8 Å². The Morgan fingerprint density at radius 1 is 0.464 bits per heavy atom. The molecule has 32 nitrogen and oxygen atoms in total. The third kappa shape index (κ3) is 13.5. The van der Waals surface area contributed by atoms with Crippen molar-refractivity contribution in [3.05, 3.63) is 196 Å². The SMILES string of the molecule is [3H]c1ccc(OCc2ncoc2-n2nnn(C)c2=O)c(C)c1.[3H]c1ccc(OCc2ncsc2-n2nnn(C)c2=O)c(C)c1.[3H]c1ccc(OCc2nnoc2-n2nnn(C)c2=O)c(C)c1.[3H]c1ccc(OCc2nnsc2-n2nnn(C)c2=O)c(C)c1. The van der Waals surface area contributed by atoms with Crippen molar-refractivity contribution in [1.82, 2.24) is 109 Å². The van der Waals surface area contributed by atoms with Crippen molar-refractivity contribution in [2.45, 2.75) is 54.1 Å². The van der Waals surface area contributed by atoms with E-state index in [1.807, 2.05) is 27.7 Å². The Morgan fingerprint density at radius 3 is 1.31 bits per heavy atom. The molecule has 12 aromatic rings.